The molecule has 0 radical (unpaired) electrons. The molecular formula is C7H11ClN2. The Bertz CT molecular complexity index is 170. The van der Waals surface area contributed by atoms with Crippen LogP contribution in [0.15, 0.2) is 28.4 Å². The number of rotatable bonds is 3. The lowest BCUT2D eigenvalue weighted by atomic mass is 10.4. The predicted octanol–water partition coefficient (Wildman–Crippen LogP) is 1.67. The van der Waals surface area contributed by atoms with Crippen molar-refractivity contribution in [1.29, 1.82) is 0 Å². The van der Waals surface area contributed by atoms with E-state index in [1.165, 1.54) is 6.21 Å². The van der Waals surface area contributed by atoms with E-state index in [-0.39, 0.29) is 0 Å². The molecular weight excluding hydrogens is 148 g/mol. The molecule has 2 nitrogen and oxygen atoms in total. The third-order valence-electron chi connectivity index (χ3n) is 0.913. The molecule has 0 aromatic carbocycles. The Kier molecular flexibility index (Phi) is 4.89. The second-order valence-electron chi connectivity index (χ2n) is 1.69. The standard InChI is InChI=1S/C7H11ClN2/c1-3-7(4-9)10-5-6(2)8/h3,5H,2,4,9H2,1H3/b7-3-,10-5-. The summed E-state index contributed by atoms with van der Waals surface area (Å²) in [6.07, 6.45) is 3.31. The van der Waals surface area contributed by atoms with Crippen LogP contribution in [0.25, 0.3) is 0 Å². The van der Waals surface area contributed by atoms with Crippen molar-refractivity contribution in [2.45, 2.75) is 6.92 Å². The molecule has 0 aliphatic carbocycles. The van der Waals surface area contributed by atoms with Gasteiger partial charge in [-0.25, -0.2) is 0 Å². The minimum absolute atomic E-state index is 0.410. The summed E-state index contributed by atoms with van der Waals surface area (Å²) in [4.78, 5) is 3.94. The molecule has 0 heterocycles. The molecule has 0 rings (SSSR count). The zero-order valence-electron chi connectivity index (χ0n) is 5.97. The number of allylic oxidation sites excluding steroid dienone is 2. The zero-order chi connectivity index (χ0) is 7.98. The third kappa shape index (κ3) is 4.30. The zero-order valence-corrected chi connectivity index (χ0v) is 6.73. The summed E-state index contributed by atoms with van der Waals surface area (Å²) in [5.41, 5.74) is 6.12. The lowest BCUT2D eigenvalue weighted by Crippen LogP contribution is -2.00. The van der Waals surface area contributed by atoms with Gasteiger partial charge in [0.05, 0.1) is 5.03 Å². The van der Waals surface area contributed by atoms with Crippen molar-refractivity contribution < 1.29 is 0 Å². The number of hydrogen-bond acceptors (Lipinski definition) is 2. The Morgan fingerprint density at radius 3 is 2.70 bits per heavy atom. The maximum atomic E-state index is 5.42. The van der Waals surface area contributed by atoms with Crippen molar-refractivity contribution in [2.75, 3.05) is 6.54 Å². The lowest BCUT2D eigenvalue weighted by molar-refractivity contribution is 1.10. The minimum atomic E-state index is 0.410. The normalized spacial score (nSPS) is 12.5. The van der Waals surface area contributed by atoms with Crippen molar-refractivity contribution >= 4 is 17.8 Å². The molecule has 2 N–H and O–H groups in total. The van der Waals surface area contributed by atoms with E-state index < -0.39 is 0 Å². The largest absolute Gasteiger partial charge is 0.325 e. The summed E-state index contributed by atoms with van der Waals surface area (Å²) >= 11 is 5.42. The van der Waals surface area contributed by atoms with Gasteiger partial charge in [-0.1, -0.05) is 24.3 Å². The van der Waals surface area contributed by atoms with Crippen LogP contribution in [0.1, 0.15) is 6.92 Å². The van der Waals surface area contributed by atoms with Gasteiger partial charge in [-0.3, -0.25) is 4.99 Å². The molecule has 3 heteroatoms. The van der Waals surface area contributed by atoms with Gasteiger partial charge < -0.3 is 5.73 Å². The molecule has 56 valence electrons. The first kappa shape index (κ1) is 9.40. The highest BCUT2D eigenvalue weighted by Gasteiger charge is 1.84. The number of nitrogens with zero attached hydrogens (tertiary/aromatic N) is 1. The first-order chi connectivity index (χ1) is 4.70. The summed E-state index contributed by atoms with van der Waals surface area (Å²) in [6.45, 7) is 5.74. The Morgan fingerprint density at radius 2 is 2.40 bits per heavy atom. The molecule has 0 fully saturated rings. The van der Waals surface area contributed by atoms with Crippen molar-refractivity contribution in [1.82, 2.24) is 0 Å². The van der Waals surface area contributed by atoms with Crippen LogP contribution < -0.4 is 5.73 Å². The van der Waals surface area contributed by atoms with E-state index in [4.69, 9.17) is 17.3 Å². The third-order valence-corrected chi connectivity index (χ3v) is 1.01. The molecule has 0 atom stereocenters. The second-order valence-corrected chi connectivity index (χ2v) is 2.17. The maximum absolute atomic E-state index is 5.42. The van der Waals surface area contributed by atoms with E-state index in [2.05, 4.69) is 11.6 Å². The van der Waals surface area contributed by atoms with Gasteiger partial charge in [0.1, 0.15) is 0 Å². The SMILES string of the molecule is C=C(Cl)/C=N\C(=C/C)CN. The molecule has 0 amide bonds. The van der Waals surface area contributed by atoms with Crippen LogP contribution in [-0.2, 0) is 0 Å². The van der Waals surface area contributed by atoms with E-state index in [0.717, 1.165) is 5.70 Å². The molecule has 0 saturated carbocycles. The number of aliphatic imine (C=N–C) groups is 1. The highest BCUT2D eigenvalue weighted by Crippen LogP contribution is 1.96. The first-order valence-corrected chi connectivity index (χ1v) is 3.32. The van der Waals surface area contributed by atoms with Crippen LogP contribution in [0.5, 0.6) is 0 Å². The molecule has 0 unspecified atom stereocenters. The van der Waals surface area contributed by atoms with Gasteiger partial charge in [0.25, 0.3) is 0 Å². The van der Waals surface area contributed by atoms with E-state index >= 15 is 0 Å². The van der Waals surface area contributed by atoms with Gasteiger partial charge in [-0.2, -0.15) is 0 Å². The summed E-state index contributed by atoms with van der Waals surface area (Å²) in [5.74, 6) is 0. The van der Waals surface area contributed by atoms with E-state index in [0.29, 0.717) is 11.6 Å². The van der Waals surface area contributed by atoms with Crippen LogP contribution in [0.4, 0.5) is 0 Å². The highest BCUT2D eigenvalue weighted by molar-refractivity contribution is 6.38. The molecule has 0 bridgehead atoms. The van der Waals surface area contributed by atoms with E-state index in [1.54, 1.807) is 0 Å². The average molecular weight is 159 g/mol. The molecule has 0 spiro atoms. The van der Waals surface area contributed by atoms with Crippen molar-refractivity contribution in [3.8, 4) is 0 Å². The van der Waals surface area contributed by atoms with Crippen LogP contribution in [-0.4, -0.2) is 12.8 Å². The minimum Gasteiger partial charge on any atom is -0.325 e. The molecule has 10 heavy (non-hydrogen) atoms. The smallest absolute Gasteiger partial charge is 0.0517 e. The fourth-order valence-electron chi connectivity index (χ4n) is 0.398. The topological polar surface area (TPSA) is 38.4 Å². The van der Waals surface area contributed by atoms with Crippen molar-refractivity contribution in [3.05, 3.63) is 23.4 Å². The quantitative estimate of drug-likeness (QED) is 0.624. The van der Waals surface area contributed by atoms with Gasteiger partial charge in [0.2, 0.25) is 0 Å². The Hall–Kier alpha value is -0.600. The summed E-state index contributed by atoms with van der Waals surface area (Å²) < 4.78 is 0. The van der Waals surface area contributed by atoms with Gasteiger partial charge >= 0.3 is 0 Å². The molecule has 0 saturated heterocycles. The average Bonchev–Trinajstić information content (AvgIpc) is 1.90. The van der Waals surface area contributed by atoms with Crippen LogP contribution in [0, 0.1) is 0 Å². The summed E-state index contributed by atoms with van der Waals surface area (Å²) in [6, 6.07) is 0. The lowest BCUT2D eigenvalue weighted by Gasteiger charge is -1.92. The van der Waals surface area contributed by atoms with Gasteiger partial charge in [-0.15, -0.1) is 0 Å². The second kappa shape index (κ2) is 5.21. The first-order valence-electron chi connectivity index (χ1n) is 2.94. The maximum Gasteiger partial charge on any atom is 0.0517 e. The van der Waals surface area contributed by atoms with Crippen molar-refractivity contribution in [2.24, 2.45) is 10.7 Å². The monoisotopic (exact) mass is 158 g/mol. The molecule has 0 aliphatic heterocycles. The number of hydrogen-bond donors (Lipinski definition) is 1. The summed E-state index contributed by atoms with van der Waals surface area (Å²) in [7, 11) is 0. The molecule has 0 aromatic rings. The van der Waals surface area contributed by atoms with Crippen LogP contribution >= 0.6 is 11.6 Å². The van der Waals surface area contributed by atoms with E-state index in [9.17, 15) is 0 Å². The fraction of sp³-hybridized carbons (Fsp3) is 0.286. The Labute approximate surface area is 66.1 Å². The highest BCUT2D eigenvalue weighted by atomic mass is 35.5. The van der Waals surface area contributed by atoms with Crippen molar-refractivity contribution in [3.63, 3.8) is 0 Å². The number of nitrogens with two attached hydrogens (primary N) is 1. The summed E-state index contributed by atoms with van der Waals surface area (Å²) in [5, 5.41) is 0.410. The Morgan fingerprint density at radius 1 is 1.80 bits per heavy atom. The number of halogens is 1. The Balaban J connectivity index is 3.98. The van der Waals surface area contributed by atoms with Crippen LogP contribution in [0.3, 0.4) is 0 Å². The van der Waals surface area contributed by atoms with Gasteiger partial charge in [-0.05, 0) is 6.92 Å². The predicted molar refractivity (Wildman–Crippen MR) is 46.3 cm³/mol. The van der Waals surface area contributed by atoms with Crippen LogP contribution in [0.2, 0.25) is 0 Å². The van der Waals surface area contributed by atoms with Gasteiger partial charge in [0, 0.05) is 18.5 Å². The molecule has 0 aromatic heterocycles. The molecule has 0 aliphatic rings. The van der Waals surface area contributed by atoms with E-state index in [1.807, 2.05) is 13.0 Å². The van der Waals surface area contributed by atoms with Gasteiger partial charge in [0.15, 0.2) is 0 Å². The fourth-order valence-corrected chi connectivity index (χ4v) is 0.447.